The van der Waals surface area contributed by atoms with E-state index in [1.54, 1.807) is 0 Å². The van der Waals surface area contributed by atoms with Gasteiger partial charge in [-0.15, -0.1) is 0 Å². The van der Waals surface area contributed by atoms with Crippen molar-refractivity contribution in [2.75, 3.05) is 37.8 Å². The monoisotopic (exact) mass is 313 g/mol. The highest BCUT2D eigenvalue weighted by Gasteiger charge is 2.11. The summed E-state index contributed by atoms with van der Waals surface area (Å²) in [5.41, 5.74) is 1.16. The standard InChI is InChI=1S/C15H23NO4S/c1-2-10-21(17,18)11-7-16-6-5-13-3-4-14-15(12-13)20-9-8-19-14/h3-4,12,16H,2,5-11H2,1H3. The van der Waals surface area contributed by atoms with Gasteiger partial charge in [0.25, 0.3) is 0 Å². The van der Waals surface area contributed by atoms with Crippen LogP contribution in [-0.2, 0) is 16.3 Å². The lowest BCUT2D eigenvalue weighted by Gasteiger charge is -2.18. The molecule has 0 radical (unpaired) electrons. The number of fused-ring (bicyclic) bond motifs is 1. The largest absolute Gasteiger partial charge is 0.486 e. The smallest absolute Gasteiger partial charge is 0.161 e. The Bertz CT molecular complexity index is 557. The minimum absolute atomic E-state index is 0.210. The van der Waals surface area contributed by atoms with E-state index in [1.807, 2.05) is 25.1 Å². The third-order valence-corrected chi connectivity index (χ3v) is 5.16. The van der Waals surface area contributed by atoms with E-state index >= 15 is 0 Å². The van der Waals surface area contributed by atoms with Gasteiger partial charge >= 0.3 is 0 Å². The van der Waals surface area contributed by atoms with Gasteiger partial charge < -0.3 is 14.8 Å². The van der Waals surface area contributed by atoms with Gasteiger partial charge in [0.2, 0.25) is 0 Å². The molecule has 0 bridgehead atoms. The number of hydrogen-bond acceptors (Lipinski definition) is 5. The lowest BCUT2D eigenvalue weighted by atomic mass is 10.1. The average molecular weight is 313 g/mol. The third kappa shape index (κ3) is 5.21. The SMILES string of the molecule is CCCS(=O)(=O)CCNCCc1ccc2c(c1)OCCO2. The molecule has 21 heavy (non-hydrogen) atoms. The highest BCUT2D eigenvalue weighted by Crippen LogP contribution is 2.30. The number of benzene rings is 1. The van der Waals surface area contributed by atoms with E-state index in [9.17, 15) is 8.42 Å². The first kappa shape index (κ1) is 16.1. The zero-order valence-electron chi connectivity index (χ0n) is 12.4. The summed E-state index contributed by atoms with van der Waals surface area (Å²) in [6.07, 6.45) is 1.52. The summed E-state index contributed by atoms with van der Waals surface area (Å²) < 4.78 is 34.1. The molecule has 0 amide bonds. The Labute approximate surface area is 126 Å². The molecule has 118 valence electrons. The summed E-state index contributed by atoms with van der Waals surface area (Å²) in [7, 11) is -2.89. The molecule has 0 saturated carbocycles. The van der Waals surface area contributed by atoms with Crippen LogP contribution in [0, 0.1) is 0 Å². The molecule has 1 aliphatic rings. The molecule has 0 unspecified atom stereocenters. The maximum absolute atomic E-state index is 11.6. The van der Waals surface area contributed by atoms with Crippen molar-refractivity contribution in [2.45, 2.75) is 19.8 Å². The Kier molecular flexibility index (Phi) is 5.87. The molecule has 6 heteroatoms. The number of ether oxygens (including phenoxy) is 2. The Morgan fingerprint density at radius 2 is 1.86 bits per heavy atom. The van der Waals surface area contributed by atoms with E-state index in [0.29, 0.717) is 26.2 Å². The molecule has 0 aliphatic carbocycles. The van der Waals surface area contributed by atoms with Crippen LogP contribution in [0.1, 0.15) is 18.9 Å². The van der Waals surface area contributed by atoms with Gasteiger partial charge in [0.05, 0.1) is 5.75 Å². The second-order valence-corrected chi connectivity index (χ2v) is 7.43. The van der Waals surface area contributed by atoms with Crippen LogP contribution in [0.3, 0.4) is 0 Å². The minimum atomic E-state index is -2.89. The van der Waals surface area contributed by atoms with Gasteiger partial charge in [-0.25, -0.2) is 8.42 Å². The molecule has 1 aliphatic heterocycles. The molecule has 0 fully saturated rings. The van der Waals surface area contributed by atoms with Crippen molar-refractivity contribution in [2.24, 2.45) is 0 Å². The van der Waals surface area contributed by atoms with E-state index in [0.717, 1.165) is 30.0 Å². The van der Waals surface area contributed by atoms with E-state index < -0.39 is 9.84 Å². The van der Waals surface area contributed by atoms with Gasteiger partial charge in [-0.3, -0.25) is 0 Å². The quantitative estimate of drug-likeness (QED) is 0.735. The molecule has 0 saturated heterocycles. The Morgan fingerprint density at radius 3 is 2.62 bits per heavy atom. The molecule has 1 heterocycles. The lowest BCUT2D eigenvalue weighted by molar-refractivity contribution is 0.171. The van der Waals surface area contributed by atoms with Crippen LogP contribution in [0.5, 0.6) is 11.5 Å². The predicted molar refractivity (Wildman–Crippen MR) is 83.0 cm³/mol. The first-order valence-corrected chi connectivity index (χ1v) is 9.22. The predicted octanol–water partition coefficient (Wildman–Crippen LogP) is 1.41. The summed E-state index contributed by atoms with van der Waals surface area (Å²) >= 11 is 0. The van der Waals surface area contributed by atoms with Crippen molar-refractivity contribution in [1.29, 1.82) is 0 Å². The first-order valence-electron chi connectivity index (χ1n) is 7.40. The van der Waals surface area contributed by atoms with E-state index in [1.165, 1.54) is 0 Å². The van der Waals surface area contributed by atoms with Gasteiger partial charge in [0.1, 0.15) is 13.2 Å². The number of nitrogens with one attached hydrogen (secondary N) is 1. The second-order valence-electron chi connectivity index (χ2n) is 5.13. The molecule has 1 N–H and O–H groups in total. The molecule has 0 aromatic heterocycles. The topological polar surface area (TPSA) is 64.6 Å². The van der Waals surface area contributed by atoms with E-state index in [4.69, 9.17) is 9.47 Å². The van der Waals surface area contributed by atoms with Crippen molar-refractivity contribution in [3.8, 4) is 11.5 Å². The normalized spacial score (nSPS) is 14.1. The van der Waals surface area contributed by atoms with Crippen LogP contribution in [-0.4, -0.2) is 46.2 Å². The summed E-state index contributed by atoms with van der Waals surface area (Å²) in [6, 6.07) is 5.93. The van der Waals surface area contributed by atoms with Crippen molar-refractivity contribution in [3.63, 3.8) is 0 Å². The van der Waals surface area contributed by atoms with Crippen molar-refractivity contribution in [3.05, 3.63) is 23.8 Å². The fourth-order valence-electron chi connectivity index (χ4n) is 2.24. The first-order chi connectivity index (χ1) is 10.1. The Hall–Kier alpha value is -1.27. The molecule has 5 nitrogen and oxygen atoms in total. The van der Waals surface area contributed by atoms with Gasteiger partial charge in [-0.05, 0) is 37.1 Å². The maximum atomic E-state index is 11.6. The molecule has 1 aromatic rings. The molecular weight excluding hydrogens is 290 g/mol. The van der Waals surface area contributed by atoms with Crippen molar-refractivity contribution >= 4 is 9.84 Å². The third-order valence-electron chi connectivity index (χ3n) is 3.30. The van der Waals surface area contributed by atoms with Crippen LogP contribution < -0.4 is 14.8 Å². The zero-order valence-corrected chi connectivity index (χ0v) is 13.2. The van der Waals surface area contributed by atoms with Gasteiger partial charge in [0.15, 0.2) is 21.3 Å². The summed E-state index contributed by atoms with van der Waals surface area (Å²) in [5, 5.41) is 3.18. The van der Waals surface area contributed by atoms with Gasteiger partial charge in [-0.1, -0.05) is 13.0 Å². The summed E-state index contributed by atoms with van der Waals surface area (Å²) in [4.78, 5) is 0. The Morgan fingerprint density at radius 1 is 1.10 bits per heavy atom. The molecular formula is C15H23NO4S. The average Bonchev–Trinajstić information content (AvgIpc) is 2.46. The van der Waals surface area contributed by atoms with E-state index in [2.05, 4.69) is 5.32 Å². The maximum Gasteiger partial charge on any atom is 0.161 e. The Balaban J connectivity index is 1.72. The zero-order chi connectivity index (χ0) is 15.1. The number of hydrogen-bond donors (Lipinski definition) is 1. The summed E-state index contributed by atoms with van der Waals surface area (Å²) in [6.45, 7) is 4.32. The highest BCUT2D eigenvalue weighted by molar-refractivity contribution is 7.91. The number of rotatable bonds is 8. The number of sulfone groups is 1. The molecule has 2 rings (SSSR count). The minimum Gasteiger partial charge on any atom is -0.486 e. The lowest BCUT2D eigenvalue weighted by Crippen LogP contribution is -2.26. The van der Waals surface area contributed by atoms with Crippen molar-refractivity contribution < 1.29 is 17.9 Å². The van der Waals surface area contributed by atoms with E-state index in [-0.39, 0.29) is 11.5 Å². The van der Waals surface area contributed by atoms with Crippen LogP contribution in [0.2, 0.25) is 0 Å². The molecule has 1 aromatic carbocycles. The second kappa shape index (κ2) is 7.66. The molecule has 0 spiro atoms. The van der Waals surface area contributed by atoms with Crippen LogP contribution >= 0.6 is 0 Å². The van der Waals surface area contributed by atoms with Crippen LogP contribution in [0.15, 0.2) is 18.2 Å². The fraction of sp³-hybridized carbons (Fsp3) is 0.600. The highest BCUT2D eigenvalue weighted by atomic mass is 32.2. The summed E-state index contributed by atoms with van der Waals surface area (Å²) in [5.74, 6) is 2.08. The van der Waals surface area contributed by atoms with Gasteiger partial charge in [0, 0.05) is 12.3 Å². The van der Waals surface area contributed by atoms with Gasteiger partial charge in [-0.2, -0.15) is 0 Å². The van der Waals surface area contributed by atoms with Crippen LogP contribution in [0.25, 0.3) is 0 Å². The van der Waals surface area contributed by atoms with Crippen LogP contribution in [0.4, 0.5) is 0 Å². The molecule has 0 atom stereocenters. The fourth-order valence-corrected chi connectivity index (χ4v) is 3.52. The van der Waals surface area contributed by atoms with Crippen molar-refractivity contribution in [1.82, 2.24) is 5.32 Å².